The second-order valence-electron chi connectivity index (χ2n) is 7.91. The minimum atomic E-state index is -0.574. The van der Waals surface area contributed by atoms with Gasteiger partial charge in [-0.25, -0.2) is 0 Å². The lowest BCUT2D eigenvalue weighted by Gasteiger charge is -2.21. The number of methoxy groups -OCH3 is 1. The van der Waals surface area contributed by atoms with E-state index in [1.807, 2.05) is 66.7 Å². The third-order valence-corrected chi connectivity index (χ3v) is 5.46. The number of nitrogens with one attached hydrogen (secondary N) is 2. The molecule has 0 aliphatic carbocycles. The third kappa shape index (κ3) is 7.79. The van der Waals surface area contributed by atoms with Crippen LogP contribution in [0.2, 0.25) is 0 Å². The van der Waals surface area contributed by atoms with Crippen molar-refractivity contribution < 1.29 is 23.9 Å². The van der Waals surface area contributed by atoms with E-state index in [9.17, 15) is 14.4 Å². The van der Waals surface area contributed by atoms with E-state index < -0.39 is 12.0 Å². The van der Waals surface area contributed by atoms with Crippen molar-refractivity contribution in [1.82, 2.24) is 10.6 Å². The lowest BCUT2D eigenvalue weighted by atomic mass is 9.98. The largest absolute Gasteiger partial charge is 0.497 e. The van der Waals surface area contributed by atoms with Gasteiger partial charge in [0.25, 0.3) is 0 Å². The number of benzene rings is 2. The molecule has 2 aromatic carbocycles. The van der Waals surface area contributed by atoms with Gasteiger partial charge in [0.05, 0.1) is 19.6 Å². The molecular formula is C26H30N2O5. The molecule has 2 N–H and O–H groups in total. The van der Waals surface area contributed by atoms with Crippen molar-refractivity contribution in [3.05, 3.63) is 77.9 Å². The first-order chi connectivity index (χ1) is 16.0. The molecular weight excluding hydrogens is 420 g/mol. The quantitative estimate of drug-likeness (QED) is 0.519. The number of carbonyl (C=O) groups excluding carboxylic acids is 3. The molecule has 174 valence electrons. The van der Waals surface area contributed by atoms with Crippen LogP contribution in [-0.4, -0.2) is 31.4 Å². The molecule has 0 unspecified atom stereocenters. The number of allylic oxidation sites excluding steroid dienone is 2. The summed E-state index contributed by atoms with van der Waals surface area (Å²) in [6.07, 6.45) is 4.42. The average molecular weight is 451 g/mol. The molecule has 0 radical (unpaired) electrons. The standard InChI is InChI=1S/C26H30N2O5/c1-32-22-14-12-19(13-15-22)17-27-24(29)16-21-10-6-3-7-11-25(30)33-23(18-28-26(21)31)20-8-4-2-5-9-20/h2-6,8-9,12-15,21,23H,7,10-11,16-18H2,1H3,(H,27,29)(H,28,31)/b6-3+/t21-,23-/m0/s1. The number of esters is 1. The van der Waals surface area contributed by atoms with E-state index in [0.717, 1.165) is 16.9 Å². The molecule has 3 rings (SSSR count). The summed E-state index contributed by atoms with van der Waals surface area (Å²) >= 11 is 0. The van der Waals surface area contributed by atoms with E-state index in [1.165, 1.54) is 0 Å². The number of hydrogen-bond acceptors (Lipinski definition) is 5. The van der Waals surface area contributed by atoms with Gasteiger partial charge in [-0.1, -0.05) is 54.6 Å². The Labute approximate surface area is 194 Å². The fourth-order valence-electron chi connectivity index (χ4n) is 3.55. The van der Waals surface area contributed by atoms with Gasteiger partial charge in [0.15, 0.2) is 0 Å². The van der Waals surface area contributed by atoms with Crippen LogP contribution in [0.25, 0.3) is 0 Å². The molecule has 0 spiro atoms. The van der Waals surface area contributed by atoms with Gasteiger partial charge in [-0.05, 0) is 36.1 Å². The van der Waals surface area contributed by atoms with E-state index in [2.05, 4.69) is 10.6 Å². The topological polar surface area (TPSA) is 93.7 Å². The molecule has 0 fully saturated rings. The minimum Gasteiger partial charge on any atom is -0.497 e. The van der Waals surface area contributed by atoms with Crippen LogP contribution in [0.1, 0.15) is 42.9 Å². The van der Waals surface area contributed by atoms with Crippen molar-refractivity contribution in [2.45, 2.75) is 38.3 Å². The van der Waals surface area contributed by atoms with E-state index in [-0.39, 0.29) is 37.2 Å². The van der Waals surface area contributed by atoms with E-state index in [1.54, 1.807) is 7.11 Å². The van der Waals surface area contributed by atoms with Crippen molar-refractivity contribution in [1.29, 1.82) is 0 Å². The lowest BCUT2D eigenvalue weighted by Crippen LogP contribution is -2.37. The molecule has 1 aliphatic heterocycles. The van der Waals surface area contributed by atoms with Gasteiger partial charge in [0, 0.05) is 19.4 Å². The smallest absolute Gasteiger partial charge is 0.306 e. The fraction of sp³-hybridized carbons (Fsp3) is 0.346. The number of hydrogen-bond donors (Lipinski definition) is 2. The highest BCUT2D eigenvalue weighted by Crippen LogP contribution is 2.20. The van der Waals surface area contributed by atoms with Crippen LogP contribution in [0.4, 0.5) is 0 Å². The SMILES string of the molecule is COc1ccc(CNC(=O)C[C@@H]2C/C=C/CCC(=O)O[C@H](c3ccccc3)CNC2=O)cc1. The maximum atomic E-state index is 12.9. The minimum absolute atomic E-state index is 0.0715. The molecule has 2 aromatic rings. The van der Waals surface area contributed by atoms with Gasteiger partial charge in [-0.15, -0.1) is 0 Å². The molecule has 0 aromatic heterocycles. The average Bonchev–Trinajstić information content (AvgIpc) is 2.84. The van der Waals surface area contributed by atoms with Crippen LogP contribution < -0.4 is 15.4 Å². The predicted molar refractivity (Wildman–Crippen MR) is 124 cm³/mol. The predicted octanol–water partition coefficient (Wildman–Crippen LogP) is 3.46. The maximum absolute atomic E-state index is 12.9. The van der Waals surface area contributed by atoms with Crippen molar-refractivity contribution >= 4 is 17.8 Å². The fourth-order valence-corrected chi connectivity index (χ4v) is 3.55. The summed E-state index contributed by atoms with van der Waals surface area (Å²) in [5, 5.41) is 5.75. The van der Waals surface area contributed by atoms with Crippen LogP contribution in [0.3, 0.4) is 0 Å². The molecule has 7 nitrogen and oxygen atoms in total. The highest BCUT2D eigenvalue weighted by Gasteiger charge is 2.24. The van der Waals surface area contributed by atoms with Crippen LogP contribution in [-0.2, 0) is 25.7 Å². The van der Waals surface area contributed by atoms with Gasteiger partial charge < -0.3 is 20.1 Å². The molecule has 0 bridgehead atoms. The summed E-state index contributed by atoms with van der Waals surface area (Å²) in [6.45, 7) is 0.529. The normalized spacial score (nSPS) is 20.4. The van der Waals surface area contributed by atoms with Crippen LogP contribution in [0, 0.1) is 5.92 Å². The summed E-state index contributed by atoms with van der Waals surface area (Å²) in [5.74, 6) is -0.503. The molecule has 0 saturated heterocycles. The maximum Gasteiger partial charge on any atom is 0.306 e. The highest BCUT2D eigenvalue weighted by atomic mass is 16.5. The number of ether oxygens (including phenoxy) is 2. The summed E-state index contributed by atoms with van der Waals surface area (Å²) < 4.78 is 10.7. The number of cyclic esters (lactones) is 1. The Balaban J connectivity index is 1.61. The first kappa shape index (κ1) is 24.0. The summed E-state index contributed by atoms with van der Waals surface area (Å²) in [7, 11) is 1.60. The van der Waals surface area contributed by atoms with Gasteiger partial charge in [-0.3, -0.25) is 14.4 Å². The zero-order valence-corrected chi connectivity index (χ0v) is 18.8. The van der Waals surface area contributed by atoms with Gasteiger partial charge in [0.2, 0.25) is 11.8 Å². The molecule has 1 aliphatic rings. The van der Waals surface area contributed by atoms with Gasteiger partial charge in [0.1, 0.15) is 11.9 Å². The molecule has 1 heterocycles. The van der Waals surface area contributed by atoms with Gasteiger partial charge in [-0.2, -0.15) is 0 Å². The van der Waals surface area contributed by atoms with E-state index in [4.69, 9.17) is 9.47 Å². The van der Waals surface area contributed by atoms with Crippen molar-refractivity contribution in [3.63, 3.8) is 0 Å². The van der Waals surface area contributed by atoms with Crippen LogP contribution in [0.5, 0.6) is 5.75 Å². The lowest BCUT2D eigenvalue weighted by molar-refractivity contribution is -0.150. The molecule has 2 atom stereocenters. The zero-order valence-electron chi connectivity index (χ0n) is 18.8. The van der Waals surface area contributed by atoms with Crippen LogP contribution in [0.15, 0.2) is 66.7 Å². The van der Waals surface area contributed by atoms with E-state index in [0.29, 0.717) is 19.4 Å². The first-order valence-electron chi connectivity index (χ1n) is 11.1. The Hall–Kier alpha value is -3.61. The second kappa shape index (κ2) is 12.4. The molecule has 2 amide bonds. The Morgan fingerprint density at radius 2 is 1.85 bits per heavy atom. The first-order valence-corrected chi connectivity index (χ1v) is 11.1. The molecule has 0 saturated carbocycles. The van der Waals surface area contributed by atoms with E-state index >= 15 is 0 Å². The van der Waals surface area contributed by atoms with Crippen molar-refractivity contribution in [2.24, 2.45) is 5.92 Å². The molecule has 7 heteroatoms. The summed E-state index contributed by atoms with van der Waals surface area (Å²) in [4.78, 5) is 37.6. The van der Waals surface area contributed by atoms with Crippen molar-refractivity contribution in [3.8, 4) is 5.75 Å². The number of rotatable bonds is 6. The summed E-state index contributed by atoms with van der Waals surface area (Å²) in [6, 6.07) is 16.8. The highest BCUT2D eigenvalue weighted by molar-refractivity contribution is 5.86. The number of amides is 2. The monoisotopic (exact) mass is 450 g/mol. The number of carbonyl (C=O) groups is 3. The Morgan fingerprint density at radius 1 is 1.09 bits per heavy atom. The summed E-state index contributed by atoms with van der Waals surface area (Å²) in [5.41, 5.74) is 1.76. The van der Waals surface area contributed by atoms with Gasteiger partial charge >= 0.3 is 5.97 Å². The molecule has 33 heavy (non-hydrogen) atoms. The van der Waals surface area contributed by atoms with Crippen LogP contribution >= 0.6 is 0 Å². The zero-order chi connectivity index (χ0) is 23.5. The van der Waals surface area contributed by atoms with Crippen molar-refractivity contribution in [2.75, 3.05) is 13.7 Å². The Morgan fingerprint density at radius 3 is 2.58 bits per heavy atom. The Kier molecular flexibility index (Phi) is 9.06. The Bertz CT molecular complexity index is 956. The second-order valence-corrected chi connectivity index (χ2v) is 7.91. The third-order valence-electron chi connectivity index (χ3n) is 5.46.